The minimum Gasteiger partial charge on any atom is -0.481 e. The van der Waals surface area contributed by atoms with Crippen LogP contribution in [0.3, 0.4) is 0 Å². The normalized spacial score (nSPS) is 12.9. The standard InChI is InChI=1S/C21H27N4O6PS/c1-3-25(2)19-10-8-18(9-11-19)24-23-17-6-4-16(5-7-17)21(28)22-13-14-31-32(29,30)33-15-12-20(26)27/h4-11H,3,12-15H2,1-2H3,(H,22,28)(H,26,27)(H,29,30). The molecule has 2 aromatic carbocycles. The molecular weight excluding hydrogens is 467 g/mol. The van der Waals surface area contributed by atoms with Crippen LogP contribution in [0.1, 0.15) is 23.7 Å². The third-order valence-corrected chi connectivity index (χ3v) is 7.45. The van der Waals surface area contributed by atoms with Crippen LogP contribution in [0.25, 0.3) is 0 Å². The van der Waals surface area contributed by atoms with Crippen LogP contribution in [0.15, 0.2) is 58.8 Å². The minimum atomic E-state index is -3.95. The van der Waals surface area contributed by atoms with E-state index < -0.39 is 12.8 Å². The van der Waals surface area contributed by atoms with Crippen LogP contribution in [-0.4, -0.2) is 54.4 Å². The van der Waals surface area contributed by atoms with Gasteiger partial charge in [0.1, 0.15) is 0 Å². The van der Waals surface area contributed by atoms with Gasteiger partial charge in [-0.05, 0) is 66.8 Å². The number of aliphatic carboxylic acids is 1. The summed E-state index contributed by atoms with van der Waals surface area (Å²) in [6, 6.07) is 14.2. The third kappa shape index (κ3) is 9.75. The molecule has 0 radical (unpaired) electrons. The number of rotatable bonds is 13. The number of carbonyl (C=O) groups is 2. The SMILES string of the molecule is CCN(C)c1ccc(N=Nc2ccc(C(=O)NCCOP(=O)(O)SCCC(=O)O)cc2)cc1. The number of hydrogen-bond donors (Lipinski definition) is 3. The van der Waals surface area contributed by atoms with Crippen molar-refractivity contribution in [2.24, 2.45) is 10.2 Å². The molecule has 3 N–H and O–H groups in total. The summed E-state index contributed by atoms with van der Waals surface area (Å²) in [5, 5.41) is 19.5. The quantitative estimate of drug-likeness (QED) is 0.208. The van der Waals surface area contributed by atoms with E-state index in [0.717, 1.165) is 12.2 Å². The number of nitrogens with zero attached hydrogens (tertiary/aromatic N) is 3. The fourth-order valence-electron chi connectivity index (χ4n) is 2.46. The maximum atomic E-state index is 12.2. The first kappa shape index (κ1) is 26.5. The summed E-state index contributed by atoms with van der Waals surface area (Å²) in [4.78, 5) is 34.3. The molecule has 0 heterocycles. The number of carbonyl (C=O) groups excluding carboxylic acids is 1. The van der Waals surface area contributed by atoms with Gasteiger partial charge in [-0.2, -0.15) is 10.2 Å². The minimum absolute atomic E-state index is 0.0214. The molecule has 178 valence electrons. The molecule has 0 saturated carbocycles. The molecule has 10 nitrogen and oxygen atoms in total. The first-order valence-corrected chi connectivity index (χ1v) is 13.3. The molecule has 2 rings (SSSR count). The number of carboxylic acid groups (broad SMARTS) is 1. The van der Waals surface area contributed by atoms with E-state index in [0.29, 0.717) is 28.3 Å². The Morgan fingerprint density at radius 2 is 1.67 bits per heavy atom. The lowest BCUT2D eigenvalue weighted by Crippen LogP contribution is -2.26. The Balaban J connectivity index is 1.78. The fourth-order valence-corrected chi connectivity index (χ4v) is 4.77. The van der Waals surface area contributed by atoms with Crippen molar-refractivity contribution in [1.82, 2.24) is 5.32 Å². The monoisotopic (exact) mass is 494 g/mol. The maximum Gasteiger partial charge on any atom is 0.386 e. The van der Waals surface area contributed by atoms with Crippen molar-refractivity contribution in [3.63, 3.8) is 0 Å². The van der Waals surface area contributed by atoms with Gasteiger partial charge in [-0.25, -0.2) is 4.57 Å². The van der Waals surface area contributed by atoms with Gasteiger partial charge in [0.05, 0.1) is 24.4 Å². The predicted octanol–water partition coefficient (Wildman–Crippen LogP) is 4.61. The average Bonchev–Trinajstić information content (AvgIpc) is 2.80. The number of carboxylic acids is 1. The molecule has 0 aromatic heterocycles. The van der Waals surface area contributed by atoms with Gasteiger partial charge in [0.25, 0.3) is 5.91 Å². The molecular formula is C21H27N4O6PS. The maximum absolute atomic E-state index is 12.2. The van der Waals surface area contributed by atoms with E-state index in [1.54, 1.807) is 24.3 Å². The summed E-state index contributed by atoms with van der Waals surface area (Å²) in [6.07, 6.45) is -0.242. The van der Waals surface area contributed by atoms with Crippen molar-refractivity contribution in [2.45, 2.75) is 13.3 Å². The molecule has 33 heavy (non-hydrogen) atoms. The molecule has 0 saturated heterocycles. The molecule has 12 heteroatoms. The number of anilines is 1. The van der Waals surface area contributed by atoms with Crippen molar-refractivity contribution < 1.29 is 28.7 Å². The lowest BCUT2D eigenvalue weighted by atomic mass is 10.2. The Hall–Kier alpha value is -2.72. The molecule has 0 aliphatic heterocycles. The Morgan fingerprint density at radius 1 is 1.09 bits per heavy atom. The number of hydrogen-bond acceptors (Lipinski definition) is 8. The van der Waals surface area contributed by atoms with E-state index in [1.165, 1.54) is 0 Å². The molecule has 0 bridgehead atoms. The summed E-state index contributed by atoms with van der Waals surface area (Å²) in [5.41, 5.74) is 2.79. The Labute approximate surface area is 196 Å². The highest BCUT2D eigenvalue weighted by Crippen LogP contribution is 2.55. The van der Waals surface area contributed by atoms with Crippen LogP contribution in [0.4, 0.5) is 17.1 Å². The summed E-state index contributed by atoms with van der Waals surface area (Å²) in [5.74, 6) is -1.47. The lowest BCUT2D eigenvalue weighted by molar-refractivity contribution is -0.136. The van der Waals surface area contributed by atoms with E-state index >= 15 is 0 Å². The van der Waals surface area contributed by atoms with Crippen molar-refractivity contribution in [1.29, 1.82) is 0 Å². The van der Waals surface area contributed by atoms with Gasteiger partial charge < -0.3 is 20.2 Å². The Morgan fingerprint density at radius 3 is 2.21 bits per heavy atom. The number of azo groups is 1. The van der Waals surface area contributed by atoms with E-state index in [-0.39, 0.29) is 31.2 Å². The van der Waals surface area contributed by atoms with Gasteiger partial charge in [0, 0.05) is 37.1 Å². The molecule has 1 atom stereocenters. The first-order chi connectivity index (χ1) is 15.7. The molecule has 0 aliphatic rings. The van der Waals surface area contributed by atoms with Crippen molar-refractivity contribution in [3.05, 3.63) is 54.1 Å². The molecule has 0 fully saturated rings. The topological polar surface area (TPSA) is 141 Å². The van der Waals surface area contributed by atoms with Crippen molar-refractivity contribution in [2.75, 3.05) is 37.4 Å². The van der Waals surface area contributed by atoms with Gasteiger partial charge in [0.15, 0.2) is 0 Å². The van der Waals surface area contributed by atoms with E-state index in [9.17, 15) is 19.0 Å². The lowest BCUT2D eigenvalue weighted by Gasteiger charge is -2.16. The Bertz CT molecular complexity index is 1000. The van der Waals surface area contributed by atoms with Crippen LogP contribution >= 0.6 is 18.2 Å². The second-order valence-electron chi connectivity index (χ2n) is 6.81. The second kappa shape index (κ2) is 13.1. The zero-order valence-electron chi connectivity index (χ0n) is 18.4. The average molecular weight is 495 g/mol. The highest BCUT2D eigenvalue weighted by molar-refractivity contribution is 8.54. The zero-order valence-corrected chi connectivity index (χ0v) is 20.1. The van der Waals surface area contributed by atoms with E-state index in [1.807, 2.05) is 31.3 Å². The van der Waals surface area contributed by atoms with Gasteiger partial charge in [0.2, 0.25) is 0 Å². The molecule has 0 aliphatic carbocycles. The van der Waals surface area contributed by atoms with Crippen molar-refractivity contribution in [3.8, 4) is 0 Å². The third-order valence-electron chi connectivity index (χ3n) is 4.39. The van der Waals surface area contributed by atoms with E-state index in [2.05, 4.69) is 27.4 Å². The Kier molecular flexibility index (Phi) is 10.5. The number of benzene rings is 2. The van der Waals surface area contributed by atoms with Crippen LogP contribution in [0.2, 0.25) is 0 Å². The second-order valence-corrected chi connectivity index (χ2v) is 10.8. The summed E-state index contributed by atoms with van der Waals surface area (Å²) in [7, 11) is 2.01. The largest absolute Gasteiger partial charge is 0.481 e. The molecule has 1 unspecified atom stereocenters. The zero-order chi connectivity index (χ0) is 24.3. The molecule has 0 spiro atoms. The summed E-state index contributed by atoms with van der Waals surface area (Å²) < 4.78 is 16.6. The van der Waals surface area contributed by atoms with Crippen molar-refractivity contribution >= 4 is 47.1 Å². The van der Waals surface area contributed by atoms with Crippen LogP contribution in [0, 0.1) is 0 Å². The van der Waals surface area contributed by atoms with Crippen LogP contribution < -0.4 is 10.2 Å². The fraction of sp³-hybridized carbons (Fsp3) is 0.333. The van der Waals surface area contributed by atoms with Gasteiger partial charge in [-0.1, -0.05) is 0 Å². The predicted molar refractivity (Wildman–Crippen MR) is 129 cm³/mol. The molecule has 2 aromatic rings. The first-order valence-electron chi connectivity index (χ1n) is 10.1. The molecule has 1 amide bonds. The van der Waals surface area contributed by atoms with Gasteiger partial charge in [-0.15, -0.1) is 0 Å². The summed E-state index contributed by atoms with van der Waals surface area (Å²) >= 11 is 0.544. The summed E-state index contributed by atoms with van der Waals surface area (Å²) in [6.45, 7) is -1.13. The number of nitrogens with one attached hydrogen (secondary N) is 1. The highest BCUT2D eigenvalue weighted by Gasteiger charge is 2.20. The van der Waals surface area contributed by atoms with Crippen LogP contribution in [-0.2, 0) is 13.9 Å². The van der Waals surface area contributed by atoms with Crippen LogP contribution in [0.5, 0.6) is 0 Å². The highest BCUT2D eigenvalue weighted by atomic mass is 32.7. The number of amides is 1. The smallest absolute Gasteiger partial charge is 0.386 e. The van der Waals surface area contributed by atoms with Gasteiger partial charge in [-0.3, -0.25) is 14.1 Å². The van der Waals surface area contributed by atoms with Gasteiger partial charge >= 0.3 is 12.8 Å². The van der Waals surface area contributed by atoms with E-state index in [4.69, 9.17) is 9.63 Å².